The summed E-state index contributed by atoms with van der Waals surface area (Å²) in [5, 5.41) is 3.03. The van der Waals surface area contributed by atoms with Crippen molar-refractivity contribution in [3.8, 4) is 5.75 Å². The molecule has 0 saturated carbocycles. The zero-order chi connectivity index (χ0) is 16.7. The fraction of sp³-hybridized carbons (Fsp3) is 0.350. The zero-order valence-corrected chi connectivity index (χ0v) is 14.1. The highest BCUT2D eigenvalue weighted by molar-refractivity contribution is 5.78. The number of carbonyl (C=O) groups excluding carboxylic acids is 1. The van der Waals surface area contributed by atoms with E-state index in [-0.39, 0.29) is 18.6 Å². The lowest BCUT2D eigenvalue weighted by molar-refractivity contribution is -0.123. The van der Waals surface area contributed by atoms with E-state index >= 15 is 0 Å². The number of hydrogen-bond donors (Lipinski definition) is 1. The highest BCUT2D eigenvalue weighted by Crippen LogP contribution is 2.17. The molecule has 23 heavy (non-hydrogen) atoms. The third-order valence-electron chi connectivity index (χ3n) is 3.92. The Balaban J connectivity index is 1.88. The smallest absolute Gasteiger partial charge is 0.258 e. The summed E-state index contributed by atoms with van der Waals surface area (Å²) in [6.07, 6.45) is 1.84. The molecule has 2 rings (SSSR count). The minimum atomic E-state index is -0.100. The van der Waals surface area contributed by atoms with E-state index in [4.69, 9.17) is 4.74 Å². The number of nitrogens with one attached hydrogen (secondary N) is 1. The van der Waals surface area contributed by atoms with Crippen LogP contribution < -0.4 is 10.1 Å². The molecule has 1 atom stereocenters. The van der Waals surface area contributed by atoms with Crippen LogP contribution in [0.4, 0.5) is 0 Å². The molecule has 0 aliphatic rings. The SMILES string of the molecule is CCc1ccc(OCC(=O)N[C@H](CC)c2ccc(C)cc2)cc1. The van der Waals surface area contributed by atoms with E-state index in [9.17, 15) is 4.79 Å². The molecule has 1 amide bonds. The van der Waals surface area contributed by atoms with Gasteiger partial charge in [0.15, 0.2) is 6.61 Å². The van der Waals surface area contributed by atoms with Crippen molar-refractivity contribution in [1.82, 2.24) is 5.32 Å². The molecule has 0 fully saturated rings. The van der Waals surface area contributed by atoms with E-state index in [0.717, 1.165) is 24.2 Å². The van der Waals surface area contributed by atoms with Gasteiger partial charge in [-0.25, -0.2) is 0 Å². The maximum atomic E-state index is 12.1. The van der Waals surface area contributed by atoms with Crippen LogP contribution in [0.2, 0.25) is 0 Å². The van der Waals surface area contributed by atoms with Gasteiger partial charge in [0.05, 0.1) is 6.04 Å². The lowest BCUT2D eigenvalue weighted by Crippen LogP contribution is -2.32. The zero-order valence-electron chi connectivity index (χ0n) is 14.1. The Morgan fingerprint density at radius 2 is 1.70 bits per heavy atom. The molecular formula is C20H25NO2. The van der Waals surface area contributed by atoms with Crippen LogP contribution in [0.1, 0.15) is 43.0 Å². The normalized spacial score (nSPS) is 11.8. The van der Waals surface area contributed by atoms with Gasteiger partial charge in [0.2, 0.25) is 0 Å². The monoisotopic (exact) mass is 311 g/mol. The number of hydrogen-bond acceptors (Lipinski definition) is 2. The molecule has 2 aromatic rings. The Labute approximate surface area is 138 Å². The van der Waals surface area contributed by atoms with Crippen LogP contribution in [-0.4, -0.2) is 12.5 Å². The van der Waals surface area contributed by atoms with Crippen molar-refractivity contribution in [2.45, 2.75) is 39.7 Å². The van der Waals surface area contributed by atoms with Crippen LogP contribution in [0.5, 0.6) is 5.75 Å². The third kappa shape index (κ3) is 5.13. The summed E-state index contributed by atoms with van der Waals surface area (Å²) in [4.78, 5) is 12.1. The molecule has 0 unspecified atom stereocenters. The van der Waals surface area contributed by atoms with E-state index in [1.54, 1.807) is 0 Å². The number of ether oxygens (including phenoxy) is 1. The van der Waals surface area contributed by atoms with Gasteiger partial charge in [-0.15, -0.1) is 0 Å². The Bertz CT molecular complexity index is 617. The fourth-order valence-corrected chi connectivity index (χ4v) is 2.43. The second-order valence-corrected chi connectivity index (χ2v) is 5.73. The van der Waals surface area contributed by atoms with E-state index in [2.05, 4.69) is 50.4 Å². The van der Waals surface area contributed by atoms with Crippen LogP contribution in [0.3, 0.4) is 0 Å². The summed E-state index contributed by atoms with van der Waals surface area (Å²) in [6, 6.07) is 16.1. The van der Waals surface area contributed by atoms with Crippen LogP contribution in [0.15, 0.2) is 48.5 Å². The molecule has 0 aliphatic heterocycles. The molecule has 122 valence electrons. The average Bonchev–Trinajstić information content (AvgIpc) is 2.59. The predicted molar refractivity (Wildman–Crippen MR) is 93.7 cm³/mol. The van der Waals surface area contributed by atoms with E-state index < -0.39 is 0 Å². The highest BCUT2D eigenvalue weighted by Gasteiger charge is 2.13. The Morgan fingerprint density at radius 1 is 1.04 bits per heavy atom. The number of rotatable bonds is 7. The van der Waals surface area contributed by atoms with Gasteiger partial charge in [-0.1, -0.05) is 55.8 Å². The first-order chi connectivity index (χ1) is 11.1. The van der Waals surface area contributed by atoms with Crippen molar-refractivity contribution >= 4 is 5.91 Å². The van der Waals surface area contributed by atoms with Crippen molar-refractivity contribution in [2.75, 3.05) is 6.61 Å². The Hall–Kier alpha value is -2.29. The van der Waals surface area contributed by atoms with Crippen LogP contribution >= 0.6 is 0 Å². The van der Waals surface area contributed by atoms with Gasteiger partial charge in [-0.3, -0.25) is 4.79 Å². The van der Waals surface area contributed by atoms with Gasteiger partial charge in [-0.2, -0.15) is 0 Å². The number of amides is 1. The summed E-state index contributed by atoms with van der Waals surface area (Å²) in [6.45, 7) is 6.27. The molecule has 0 bridgehead atoms. The van der Waals surface area contributed by atoms with Gasteiger partial charge in [0.25, 0.3) is 5.91 Å². The molecular weight excluding hydrogens is 286 g/mol. The molecule has 0 spiro atoms. The van der Waals surface area contributed by atoms with Crippen molar-refractivity contribution in [2.24, 2.45) is 0 Å². The summed E-state index contributed by atoms with van der Waals surface area (Å²) in [5.41, 5.74) is 3.60. The third-order valence-corrected chi connectivity index (χ3v) is 3.92. The molecule has 0 heterocycles. The summed E-state index contributed by atoms with van der Waals surface area (Å²) >= 11 is 0. The first kappa shape index (κ1) is 17.1. The molecule has 3 heteroatoms. The number of carbonyl (C=O) groups is 1. The first-order valence-corrected chi connectivity index (χ1v) is 8.20. The van der Waals surface area contributed by atoms with Gasteiger partial charge in [0.1, 0.15) is 5.75 Å². The van der Waals surface area contributed by atoms with E-state index in [1.807, 2.05) is 24.3 Å². The topological polar surface area (TPSA) is 38.3 Å². The average molecular weight is 311 g/mol. The summed E-state index contributed by atoms with van der Waals surface area (Å²) in [5.74, 6) is 0.623. The second kappa shape index (κ2) is 8.37. The first-order valence-electron chi connectivity index (χ1n) is 8.20. The van der Waals surface area contributed by atoms with Gasteiger partial charge < -0.3 is 10.1 Å². The fourth-order valence-electron chi connectivity index (χ4n) is 2.43. The molecule has 0 saturated heterocycles. The second-order valence-electron chi connectivity index (χ2n) is 5.73. The lowest BCUT2D eigenvalue weighted by Gasteiger charge is -2.18. The number of aryl methyl sites for hydroxylation is 2. The lowest BCUT2D eigenvalue weighted by atomic mass is 10.0. The molecule has 2 aromatic carbocycles. The molecule has 0 aromatic heterocycles. The Morgan fingerprint density at radius 3 is 2.26 bits per heavy atom. The van der Waals surface area contributed by atoms with Crippen molar-refractivity contribution < 1.29 is 9.53 Å². The molecule has 0 radical (unpaired) electrons. The summed E-state index contributed by atoms with van der Waals surface area (Å²) in [7, 11) is 0. The molecule has 0 aliphatic carbocycles. The minimum absolute atomic E-state index is 0.0224. The van der Waals surface area contributed by atoms with Crippen molar-refractivity contribution in [3.63, 3.8) is 0 Å². The Kier molecular flexibility index (Phi) is 6.21. The van der Waals surface area contributed by atoms with Crippen LogP contribution in [0.25, 0.3) is 0 Å². The van der Waals surface area contributed by atoms with Crippen molar-refractivity contribution in [3.05, 3.63) is 65.2 Å². The van der Waals surface area contributed by atoms with Gasteiger partial charge in [0, 0.05) is 0 Å². The van der Waals surface area contributed by atoms with Gasteiger partial charge in [-0.05, 0) is 43.0 Å². The minimum Gasteiger partial charge on any atom is -0.484 e. The van der Waals surface area contributed by atoms with Crippen LogP contribution in [0, 0.1) is 6.92 Å². The standard InChI is InChI=1S/C20H25NO2/c1-4-16-8-12-18(13-9-16)23-14-20(22)21-19(5-2)17-10-6-15(3)7-11-17/h6-13,19H,4-5,14H2,1-3H3,(H,21,22)/t19-/m1/s1. The summed E-state index contributed by atoms with van der Waals surface area (Å²) < 4.78 is 5.56. The van der Waals surface area contributed by atoms with E-state index in [1.165, 1.54) is 11.1 Å². The highest BCUT2D eigenvalue weighted by atomic mass is 16.5. The van der Waals surface area contributed by atoms with Crippen LogP contribution in [-0.2, 0) is 11.2 Å². The van der Waals surface area contributed by atoms with E-state index in [0.29, 0.717) is 0 Å². The largest absolute Gasteiger partial charge is 0.484 e. The number of benzene rings is 2. The quantitative estimate of drug-likeness (QED) is 0.832. The predicted octanol–water partition coefficient (Wildman–Crippen LogP) is 4.20. The molecule has 1 N–H and O–H groups in total. The maximum absolute atomic E-state index is 12.1. The van der Waals surface area contributed by atoms with Gasteiger partial charge >= 0.3 is 0 Å². The van der Waals surface area contributed by atoms with Crippen molar-refractivity contribution in [1.29, 1.82) is 0 Å². The maximum Gasteiger partial charge on any atom is 0.258 e. The molecule has 3 nitrogen and oxygen atoms in total.